The number of amides is 1. The average Bonchev–Trinajstić information content (AvgIpc) is 2.77. The third kappa shape index (κ3) is 2.67. The van der Waals surface area contributed by atoms with Crippen LogP contribution in [0, 0.1) is 5.92 Å². The standard InChI is InChI=1S/C11H12Cl2N2O/c12-9-2-1-8(5-10(9)13)15-11(16)7-3-4-14-6-7/h1-2,5,7,14H,3-4,6H2,(H,15,16). The van der Waals surface area contributed by atoms with Crippen molar-refractivity contribution in [3.8, 4) is 0 Å². The van der Waals surface area contributed by atoms with Gasteiger partial charge >= 0.3 is 0 Å². The molecule has 1 heterocycles. The molecule has 3 nitrogen and oxygen atoms in total. The maximum Gasteiger partial charge on any atom is 0.228 e. The van der Waals surface area contributed by atoms with Crippen LogP contribution in [0.25, 0.3) is 0 Å². The van der Waals surface area contributed by atoms with Crippen LogP contribution in [0.15, 0.2) is 18.2 Å². The molecule has 1 aromatic carbocycles. The minimum atomic E-state index is 0.0309. The van der Waals surface area contributed by atoms with E-state index >= 15 is 0 Å². The first kappa shape index (κ1) is 11.7. The van der Waals surface area contributed by atoms with Crippen molar-refractivity contribution in [1.29, 1.82) is 0 Å². The van der Waals surface area contributed by atoms with Crippen molar-refractivity contribution in [3.05, 3.63) is 28.2 Å². The minimum Gasteiger partial charge on any atom is -0.326 e. The van der Waals surface area contributed by atoms with Crippen molar-refractivity contribution in [2.45, 2.75) is 6.42 Å². The normalized spacial score (nSPS) is 19.8. The van der Waals surface area contributed by atoms with E-state index in [2.05, 4.69) is 10.6 Å². The lowest BCUT2D eigenvalue weighted by molar-refractivity contribution is -0.119. The molecule has 1 amide bonds. The molecule has 1 fully saturated rings. The first-order chi connectivity index (χ1) is 7.66. The Kier molecular flexibility index (Phi) is 3.69. The molecule has 86 valence electrons. The van der Waals surface area contributed by atoms with Crippen molar-refractivity contribution < 1.29 is 4.79 Å². The molecule has 1 aliphatic heterocycles. The average molecular weight is 259 g/mol. The second-order valence-corrected chi connectivity index (χ2v) is 4.62. The molecular formula is C11H12Cl2N2O. The van der Waals surface area contributed by atoms with Gasteiger partial charge in [0.05, 0.1) is 16.0 Å². The Labute approximate surface area is 104 Å². The predicted molar refractivity (Wildman–Crippen MR) is 66.1 cm³/mol. The first-order valence-corrected chi connectivity index (χ1v) is 5.89. The smallest absolute Gasteiger partial charge is 0.228 e. The van der Waals surface area contributed by atoms with Crippen LogP contribution >= 0.6 is 23.2 Å². The van der Waals surface area contributed by atoms with E-state index in [1.54, 1.807) is 18.2 Å². The topological polar surface area (TPSA) is 41.1 Å². The number of benzene rings is 1. The monoisotopic (exact) mass is 258 g/mol. The van der Waals surface area contributed by atoms with E-state index < -0.39 is 0 Å². The van der Waals surface area contributed by atoms with Crippen LogP contribution in [0.2, 0.25) is 10.0 Å². The Morgan fingerprint density at radius 2 is 2.19 bits per heavy atom. The summed E-state index contributed by atoms with van der Waals surface area (Å²) in [4.78, 5) is 11.8. The zero-order valence-electron chi connectivity index (χ0n) is 8.59. The van der Waals surface area contributed by atoms with E-state index in [0.717, 1.165) is 19.5 Å². The molecule has 2 rings (SSSR count). The Morgan fingerprint density at radius 3 is 2.81 bits per heavy atom. The van der Waals surface area contributed by atoms with Crippen LogP contribution in [0.3, 0.4) is 0 Å². The fraction of sp³-hybridized carbons (Fsp3) is 0.364. The van der Waals surface area contributed by atoms with Crippen LogP contribution < -0.4 is 10.6 Å². The molecule has 0 aliphatic carbocycles. The second kappa shape index (κ2) is 5.04. The van der Waals surface area contributed by atoms with Crippen molar-refractivity contribution in [2.24, 2.45) is 5.92 Å². The van der Waals surface area contributed by atoms with Crippen LogP contribution in [0.4, 0.5) is 5.69 Å². The van der Waals surface area contributed by atoms with Crippen LogP contribution in [0.5, 0.6) is 0 Å². The fourth-order valence-electron chi connectivity index (χ4n) is 1.70. The van der Waals surface area contributed by atoms with E-state index in [4.69, 9.17) is 23.2 Å². The molecule has 0 radical (unpaired) electrons. The van der Waals surface area contributed by atoms with E-state index in [1.165, 1.54) is 0 Å². The molecule has 0 spiro atoms. The predicted octanol–water partition coefficient (Wildman–Crippen LogP) is 2.54. The highest BCUT2D eigenvalue weighted by molar-refractivity contribution is 6.42. The van der Waals surface area contributed by atoms with Gasteiger partial charge in [-0.2, -0.15) is 0 Å². The number of carbonyl (C=O) groups excluding carboxylic acids is 1. The van der Waals surface area contributed by atoms with Crippen molar-refractivity contribution in [2.75, 3.05) is 18.4 Å². The maximum absolute atomic E-state index is 11.8. The van der Waals surface area contributed by atoms with Crippen molar-refractivity contribution in [3.63, 3.8) is 0 Å². The molecule has 1 saturated heterocycles. The fourth-order valence-corrected chi connectivity index (χ4v) is 1.99. The zero-order valence-corrected chi connectivity index (χ0v) is 10.1. The summed E-state index contributed by atoms with van der Waals surface area (Å²) in [6, 6.07) is 5.07. The Bertz CT molecular complexity index is 403. The van der Waals surface area contributed by atoms with E-state index in [1.807, 2.05) is 0 Å². The van der Waals surface area contributed by atoms with Crippen molar-refractivity contribution in [1.82, 2.24) is 5.32 Å². The molecule has 5 heteroatoms. The molecule has 1 aliphatic rings. The van der Waals surface area contributed by atoms with Crippen LogP contribution in [-0.4, -0.2) is 19.0 Å². The SMILES string of the molecule is O=C(Nc1ccc(Cl)c(Cl)c1)C1CCNC1. The molecule has 1 aromatic rings. The third-order valence-electron chi connectivity index (χ3n) is 2.62. The molecule has 1 unspecified atom stereocenters. The van der Waals surface area contributed by atoms with Gasteiger partial charge in [0.15, 0.2) is 0 Å². The van der Waals surface area contributed by atoms with Crippen LogP contribution in [0.1, 0.15) is 6.42 Å². The molecular weight excluding hydrogens is 247 g/mol. The maximum atomic E-state index is 11.8. The summed E-state index contributed by atoms with van der Waals surface area (Å²) >= 11 is 11.7. The van der Waals surface area contributed by atoms with Gasteiger partial charge in [-0.15, -0.1) is 0 Å². The molecule has 16 heavy (non-hydrogen) atoms. The number of halogens is 2. The first-order valence-electron chi connectivity index (χ1n) is 5.13. The van der Waals surface area contributed by atoms with E-state index in [9.17, 15) is 4.79 Å². The quantitative estimate of drug-likeness (QED) is 0.856. The zero-order chi connectivity index (χ0) is 11.5. The van der Waals surface area contributed by atoms with Gasteiger partial charge in [-0.3, -0.25) is 4.79 Å². The van der Waals surface area contributed by atoms with E-state index in [0.29, 0.717) is 15.7 Å². The number of hydrogen-bond donors (Lipinski definition) is 2. The number of rotatable bonds is 2. The second-order valence-electron chi connectivity index (χ2n) is 3.81. The Hall–Kier alpha value is -0.770. The van der Waals surface area contributed by atoms with E-state index in [-0.39, 0.29) is 11.8 Å². The Balaban J connectivity index is 2.02. The largest absolute Gasteiger partial charge is 0.326 e. The van der Waals surface area contributed by atoms with Gasteiger partial charge in [-0.05, 0) is 31.2 Å². The van der Waals surface area contributed by atoms with Gasteiger partial charge < -0.3 is 10.6 Å². The summed E-state index contributed by atoms with van der Waals surface area (Å²) in [7, 11) is 0. The molecule has 0 aromatic heterocycles. The lowest BCUT2D eigenvalue weighted by Gasteiger charge is -2.10. The Morgan fingerprint density at radius 1 is 1.38 bits per heavy atom. The summed E-state index contributed by atoms with van der Waals surface area (Å²) in [6.07, 6.45) is 0.882. The van der Waals surface area contributed by atoms with Gasteiger partial charge in [0.2, 0.25) is 5.91 Å². The number of carbonyl (C=O) groups is 1. The molecule has 0 saturated carbocycles. The summed E-state index contributed by atoms with van der Waals surface area (Å²) in [5, 5.41) is 6.92. The summed E-state index contributed by atoms with van der Waals surface area (Å²) in [5.74, 6) is 0.0813. The van der Waals surface area contributed by atoms with Crippen LogP contribution in [-0.2, 0) is 4.79 Å². The van der Waals surface area contributed by atoms with Gasteiger partial charge in [-0.1, -0.05) is 23.2 Å². The summed E-state index contributed by atoms with van der Waals surface area (Å²) < 4.78 is 0. The van der Waals surface area contributed by atoms with Gasteiger partial charge in [0, 0.05) is 12.2 Å². The highest BCUT2D eigenvalue weighted by Crippen LogP contribution is 2.25. The number of hydrogen-bond acceptors (Lipinski definition) is 2. The van der Waals surface area contributed by atoms with Gasteiger partial charge in [0.1, 0.15) is 0 Å². The lowest BCUT2D eigenvalue weighted by atomic mass is 10.1. The highest BCUT2D eigenvalue weighted by Gasteiger charge is 2.22. The number of anilines is 1. The molecule has 0 bridgehead atoms. The number of nitrogens with one attached hydrogen (secondary N) is 2. The molecule has 2 N–H and O–H groups in total. The summed E-state index contributed by atoms with van der Waals surface area (Å²) in [6.45, 7) is 1.65. The lowest BCUT2D eigenvalue weighted by Crippen LogP contribution is -2.24. The highest BCUT2D eigenvalue weighted by atomic mass is 35.5. The molecule has 1 atom stereocenters. The van der Waals surface area contributed by atoms with Gasteiger partial charge in [0.25, 0.3) is 0 Å². The van der Waals surface area contributed by atoms with Gasteiger partial charge in [-0.25, -0.2) is 0 Å². The summed E-state index contributed by atoms with van der Waals surface area (Å²) in [5.41, 5.74) is 0.686. The third-order valence-corrected chi connectivity index (χ3v) is 3.36. The minimum absolute atomic E-state index is 0.0309. The van der Waals surface area contributed by atoms with Crippen molar-refractivity contribution >= 4 is 34.8 Å².